The van der Waals surface area contributed by atoms with Crippen molar-refractivity contribution in [3.8, 4) is 11.5 Å². The second-order valence-corrected chi connectivity index (χ2v) is 7.64. The maximum atomic E-state index is 12.7. The summed E-state index contributed by atoms with van der Waals surface area (Å²) in [5, 5.41) is 11.7. The Bertz CT molecular complexity index is 1180. The average Bonchev–Trinajstić information content (AvgIpc) is 2.78. The van der Waals surface area contributed by atoms with E-state index in [2.05, 4.69) is 11.9 Å². The van der Waals surface area contributed by atoms with Crippen molar-refractivity contribution in [3.63, 3.8) is 0 Å². The number of nitrogens with zero attached hydrogens (tertiary/aromatic N) is 1. The van der Waals surface area contributed by atoms with Crippen LogP contribution in [-0.2, 0) is 16.2 Å². The quantitative estimate of drug-likeness (QED) is 0.255. The Kier molecular flexibility index (Phi) is 7.47. The van der Waals surface area contributed by atoms with Crippen LogP contribution in [0.15, 0.2) is 54.6 Å². The van der Waals surface area contributed by atoms with E-state index in [0.717, 1.165) is 5.56 Å². The molecule has 1 saturated heterocycles. The summed E-state index contributed by atoms with van der Waals surface area (Å²) >= 11 is 11.4. The van der Waals surface area contributed by atoms with E-state index in [4.69, 9.17) is 38.4 Å². The van der Waals surface area contributed by atoms with Crippen molar-refractivity contribution < 1.29 is 29.0 Å². The van der Waals surface area contributed by atoms with Gasteiger partial charge in [0, 0.05) is 6.54 Å². The van der Waals surface area contributed by atoms with Crippen LogP contribution in [0.25, 0.3) is 6.08 Å². The van der Waals surface area contributed by atoms with Crippen LogP contribution in [0.2, 0.25) is 5.02 Å². The second kappa shape index (κ2) is 10.3. The van der Waals surface area contributed by atoms with E-state index in [9.17, 15) is 14.4 Å². The fourth-order valence-electron chi connectivity index (χ4n) is 3.02. The van der Waals surface area contributed by atoms with Crippen LogP contribution in [0.5, 0.6) is 11.5 Å². The lowest BCUT2D eigenvalue weighted by atomic mass is 10.1. The van der Waals surface area contributed by atoms with Gasteiger partial charge in [-0.05, 0) is 53.7 Å². The van der Waals surface area contributed by atoms with Gasteiger partial charge in [-0.2, -0.15) is 0 Å². The Labute approximate surface area is 200 Å². The van der Waals surface area contributed by atoms with Crippen molar-refractivity contribution >= 4 is 52.8 Å². The summed E-state index contributed by atoms with van der Waals surface area (Å²) in [5.74, 6) is -1.64. The molecule has 3 rings (SSSR count). The number of hydrogen-bond donors (Lipinski definition) is 2. The number of nitrogens with one attached hydrogen (secondary N) is 1. The zero-order valence-electron chi connectivity index (χ0n) is 17.5. The molecule has 1 heterocycles. The molecule has 1 fully saturated rings. The molecule has 8 nitrogen and oxygen atoms in total. The molecule has 0 atom stereocenters. The Balaban J connectivity index is 1.85. The molecular weight excluding hydrogens is 468 g/mol. The van der Waals surface area contributed by atoms with E-state index in [1.54, 1.807) is 18.2 Å². The van der Waals surface area contributed by atoms with Crippen LogP contribution in [0.3, 0.4) is 0 Å². The largest absolute Gasteiger partial charge is 0.493 e. The van der Waals surface area contributed by atoms with Gasteiger partial charge < -0.3 is 14.6 Å². The molecule has 0 radical (unpaired) electrons. The van der Waals surface area contributed by atoms with Crippen molar-refractivity contribution in [2.45, 2.75) is 6.61 Å². The fourth-order valence-corrected chi connectivity index (χ4v) is 3.54. The molecule has 1 aliphatic rings. The van der Waals surface area contributed by atoms with E-state index in [1.165, 1.54) is 42.4 Å². The maximum absolute atomic E-state index is 12.7. The first kappa shape index (κ1) is 24.0. The van der Waals surface area contributed by atoms with Crippen molar-refractivity contribution in [3.05, 3.63) is 76.3 Å². The number of hydrogen-bond acceptors (Lipinski definition) is 6. The van der Waals surface area contributed by atoms with E-state index in [-0.39, 0.29) is 40.2 Å². The summed E-state index contributed by atoms with van der Waals surface area (Å²) in [6.45, 7) is 3.86. The minimum atomic E-state index is -1.02. The first-order chi connectivity index (χ1) is 15.7. The van der Waals surface area contributed by atoms with Crippen LogP contribution in [-0.4, -0.2) is 46.6 Å². The van der Waals surface area contributed by atoms with Gasteiger partial charge in [-0.1, -0.05) is 29.8 Å². The molecule has 170 valence electrons. The van der Waals surface area contributed by atoms with Gasteiger partial charge >= 0.3 is 5.97 Å². The van der Waals surface area contributed by atoms with Gasteiger partial charge in [-0.25, -0.2) is 4.79 Å². The number of halogens is 1. The van der Waals surface area contributed by atoms with E-state index in [0.29, 0.717) is 11.3 Å². The Morgan fingerprint density at radius 2 is 1.97 bits per heavy atom. The average molecular weight is 487 g/mol. The predicted octanol–water partition coefficient (Wildman–Crippen LogP) is 3.44. The Hall–Kier alpha value is -3.69. The van der Waals surface area contributed by atoms with Gasteiger partial charge in [0.25, 0.3) is 11.8 Å². The standard InChI is InChI=1S/C23H19ClN2O6S/c1-3-8-26-21(28)16(20(27)25-23(26)33)9-14-10-17(24)19(18(11-14)31-2)32-12-13-4-6-15(7-5-13)22(29)30/h3-7,9-11H,1,8,12H2,2H3,(H,29,30)(H,25,27,33)/b16-9+. The monoisotopic (exact) mass is 486 g/mol. The number of thiocarbonyl (C=S) groups is 1. The summed E-state index contributed by atoms with van der Waals surface area (Å²) in [7, 11) is 1.43. The molecule has 0 aliphatic carbocycles. The summed E-state index contributed by atoms with van der Waals surface area (Å²) < 4.78 is 11.2. The lowest BCUT2D eigenvalue weighted by Gasteiger charge is -2.27. The molecular formula is C23H19ClN2O6S. The third kappa shape index (κ3) is 5.39. The highest BCUT2D eigenvalue weighted by molar-refractivity contribution is 7.80. The van der Waals surface area contributed by atoms with Crippen molar-refractivity contribution in [2.75, 3.05) is 13.7 Å². The zero-order chi connectivity index (χ0) is 24.1. The SMILES string of the molecule is C=CCN1C(=O)/C(=C/c2cc(Cl)c(OCc3ccc(C(=O)O)cc3)c(OC)c2)C(=O)NC1=S. The minimum absolute atomic E-state index is 0.0119. The Morgan fingerprint density at radius 1 is 1.27 bits per heavy atom. The highest BCUT2D eigenvalue weighted by Gasteiger charge is 2.32. The molecule has 10 heteroatoms. The number of carbonyl (C=O) groups excluding carboxylic acids is 2. The van der Waals surface area contributed by atoms with E-state index < -0.39 is 17.8 Å². The molecule has 1 aliphatic heterocycles. The third-order valence-electron chi connectivity index (χ3n) is 4.64. The maximum Gasteiger partial charge on any atom is 0.335 e. The van der Waals surface area contributed by atoms with Gasteiger partial charge in [-0.15, -0.1) is 6.58 Å². The minimum Gasteiger partial charge on any atom is -0.493 e. The van der Waals surface area contributed by atoms with Crippen LogP contribution in [0.4, 0.5) is 0 Å². The van der Waals surface area contributed by atoms with Gasteiger partial charge in [0.2, 0.25) is 0 Å². The molecule has 0 aromatic heterocycles. The number of carboxylic acids is 1. The van der Waals surface area contributed by atoms with Crippen LogP contribution in [0.1, 0.15) is 21.5 Å². The molecule has 0 saturated carbocycles. The molecule has 2 amide bonds. The van der Waals surface area contributed by atoms with Crippen LogP contribution >= 0.6 is 23.8 Å². The Morgan fingerprint density at radius 3 is 2.58 bits per heavy atom. The smallest absolute Gasteiger partial charge is 0.335 e. The highest BCUT2D eigenvalue weighted by Crippen LogP contribution is 2.37. The van der Waals surface area contributed by atoms with E-state index in [1.807, 2.05) is 0 Å². The molecule has 2 aromatic carbocycles. The van der Waals surface area contributed by atoms with Crippen molar-refractivity contribution in [2.24, 2.45) is 0 Å². The van der Waals surface area contributed by atoms with Crippen molar-refractivity contribution in [1.82, 2.24) is 10.2 Å². The number of benzene rings is 2. The molecule has 2 N–H and O–H groups in total. The number of methoxy groups -OCH3 is 1. The van der Waals surface area contributed by atoms with Gasteiger partial charge in [0.15, 0.2) is 16.6 Å². The summed E-state index contributed by atoms with van der Waals surface area (Å²) in [6, 6.07) is 9.33. The van der Waals surface area contributed by atoms with E-state index >= 15 is 0 Å². The highest BCUT2D eigenvalue weighted by atomic mass is 35.5. The third-order valence-corrected chi connectivity index (χ3v) is 5.25. The summed E-state index contributed by atoms with van der Waals surface area (Å²) in [6.07, 6.45) is 2.89. The molecule has 33 heavy (non-hydrogen) atoms. The lowest BCUT2D eigenvalue weighted by molar-refractivity contribution is -0.128. The first-order valence-corrected chi connectivity index (χ1v) is 10.4. The fraction of sp³-hybridized carbons (Fsp3) is 0.130. The molecule has 2 aromatic rings. The van der Waals surface area contributed by atoms with Gasteiger partial charge in [0.1, 0.15) is 12.2 Å². The van der Waals surface area contributed by atoms with Crippen LogP contribution < -0.4 is 14.8 Å². The lowest BCUT2D eigenvalue weighted by Crippen LogP contribution is -2.53. The van der Waals surface area contributed by atoms with Crippen LogP contribution in [0, 0.1) is 0 Å². The zero-order valence-corrected chi connectivity index (χ0v) is 19.0. The predicted molar refractivity (Wildman–Crippen MR) is 126 cm³/mol. The number of rotatable bonds is 8. The summed E-state index contributed by atoms with van der Waals surface area (Å²) in [5.41, 5.74) is 1.23. The summed E-state index contributed by atoms with van der Waals surface area (Å²) in [4.78, 5) is 37.2. The van der Waals surface area contributed by atoms with Gasteiger partial charge in [-0.3, -0.25) is 19.8 Å². The molecule has 0 spiro atoms. The first-order valence-electron chi connectivity index (χ1n) is 9.57. The number of ether oxygens (including phenoxy) is 2. The number of carbonyl (C=O) groups is 3. The normalized spacial score (nSPS) is 14.8. The molecule has 0 bridgehead atoms. The number of amides is 2. The van der Waals surface area contributed by atoms with Gasteiger partial charge in [0.05, 0.1) is 17.7 Å². The van der Waals surface area contributed by atoms with Crippen molar-refractivity contribution in [1.29, 1.82) is 0 Å². The topological polar surface area (TPSA) is 105 Å². The number of aromatic carboxylic acids is 1. The number of carboxylic acid groups (broad SMARTS) is 1. The second-order valence-electron chi connectivity index (χ2n) is 6.85. The molecule has 0 unspecified atom stereocenters.